The number of halogens is 1. The predicted molar refractivity (Wildman–Crippen MR) is 57.3 cm³/mol. The zero-order valence-electron chi connectivity index (χ0n) is 8.83. The Hall–Kier alpha value is -1.97. The third-order valence-corrected chi connectivity index (χ3v) is 3.57. The van der Waals surface area contributed by atoms with E-state index in [1.54, 1.807) is 0 Å². The van der Waals surface area contributed by atoms with Crippen LogP contribution in [0.4, 0.5) is 9.83 Å². The van der Waals surface area contributed by atoms with Gasteiger partial charge in [0.25, 0.3) is 5.56 Å². The Morgan fingerprint density at radius 2 is 2.17 bits per heavy atom. The van der Waals surface area contributed by atoms with Crippen molar-refractivity contribution in [2.24, 2.45) is 0 Å². The molecule has 0 bridgehead atoms. The second-order valence-corrected chi connectivity index (χ2v) is 5.35. The molecule has 98 valence electrons. The van der Waals surface area contributed by atoms with E-state index in [-0.39, 0.29) is 5.95 Å². The summed E-state index contributed by atoms with van der Waals surface area (Å²) in [5, 5.41) is 7.62. The number of amides is 1. The minimum absolute atomic E-state index is 0.309. The molecule has 0 saturated carbocycles. The maximum absolute atomic E-state index is 12.8. The summed E-state index contributed by atoms with van der Waals surface area (Å²) in [6.45, 7) is -0.454. The van der Waals surface area contributed by atoms with E-state index >= 15 is 0 Å². The number of hydrogen-bond acceptors (Lipinski definition) is 6. The van der Waals surface area contributed by atoms with Gasteiger partial charge in [-0.05, 0) is 0 Å². The first-order chi connectivity index (χ1) is 8.27. The second-order valence-electron chi connectivity index (χ2n) is 3.73. The van der Waals surface area contributed by atoms with Crippen LogP contribution in [0.2, 0.25) is 0 Å². The Bertz CT molecular complexity index is 655. The lowest BCUT2D eigenvalue weighted by Gasteiger charge is -2.13. The maximum atomic E-state index is 12.8. The zero-order valence-corrected chi connectivity index (χ0v) is 9.65. The fraction of sp³-hybridized carbons (Fsp3) is 0.375. The quantitative estimate of drug-likeness (QED) is 0.660. The van der Waals surface area contributed by atoms with Crippen LogP contribution in [-0.2, 0) is 15.0 Å². The van der Waals surface area contributed by atoms with Gasteiger partial charge >= 0.3 is 10.2 Å². The van der Waals surface area contributed by atoms with E-state index in [1.807, 2.05) is 0 Å². The van der Waals surface area contributed by atoms with Gasteiger partial charge in [-0.15, -0.1) is 3.89 Å². The van der Waals surface area contributed by atoms with Crippen LogP contribution in [0, 0.1) is 0 Å². The van der Waals surface area contributed by atoms with Gasteiger partial charge in [0, 0.05) is 13.0 Å². The Morgan fingerprint density at radius 1 is 1.50 bits per heavy atom. The average Bonchev–Trinajstić information content (AvgIpc) is 2.58. The molecule has 2 N–H and O–H groups in total. The van der Waals surface area contributed by atoms with E-state index in [9.17, 15) is 21.9 Å². The summed E-state index contributed by atoms with van der Waals surface area (Å²) >= 11 is 0. The van der Waals surface area contributed by atoms with Crippen molar-refractivity contribution in [2.45, 2.75) is 11.7 Å². The molecule has 0 aromatic carbocycles. The molecule has 1 amide bonds. The summed E-state index contributed by atoms with van der Waals surface area (Å²) in [5.74, 6) is -1.63. The highest BCUT2D eigenvalue weighted by atomic mass is 32.3. The standard InChI is InChI=1S/C8H8FN3O5S/c9-18(16,17)4-1-7(15)12(3-4)8-10-5(13)2-6(14)11-8/h2,4H,1,3H2,(H2,10,11,13,14). The monoisotopic (exact) mass is 277 g/mol. The largest absolute Gasteiger partial charge is 0.493 e. The summed E-state index contributed by atoms with van der Waals surface area (Å²) in [6, 6.07) is 0.785. The highest BCUT2D eigenvalue weighted by Gasteiger charge is 2.40. The summed E-state index contributed by atoms with van der Waals surface area (Å²) in [4.78, 5) is 29.0. The number of aromatic amines is 1. The molecule has 2 heterocycles. The number of rotatable bonds is 2. The molecule has 1 aliphatic rings. The van der Waals surface area contributed by atoms with Crippen LogP contribution in [0.1, 0.15) is 6.42 Å². The van der Waals surface area contributed by atoms with Crippen LogP contribution in [0.3, 0.4) is 0 Å². The third-order valence-electron chi connectivity index (χ3n) is 2.46. The lowest BCUT2D eigenvalue weighted by atomic mass is 10.4. The minimum Gasteiger partial charge on any atom is -0.493 e. The van der Waals surface area contributed by atoms with Gasteiger partial charge in [0.2, 0.25) is 17.7 Å². The van der Waals surface area contributed by atoms with E-state index in [0.717, 1.165) is 11.0 Å². The van der Waals surface area contributed by atoms with E-state index in [4.69, 9.17) is 5.11 Å². The molecule has 8 nitrogen and oxygen atoms in total. The van der Waals surface area contributed by atoms with Gasteiger partial charge in [-0.2, -0.15) is 13.4 Å². The van der Waals surface area contributed by atoms with Gasteiger partial charge < -0.3 is 5.11 Å². The van der Waals surface area contributed by atoms with Crippen molar-refractivity contribution < 1.29 is 22.2 Å². The van der Waals surface area contributed by atoms with Crippen molar-refractivity contribution in [1.82, 2.24) is 9.97 Å². The zero-order chi connectivity index (χ0) is 13.5. The molecule has 1 atom stereocenters. The number of carbonyl (C=O) groups is 1. The molecule has 1 unspecified atom stereocenters. The van der Waals surface area contributed by atoms with E-state index in [1.165, 1.54) is 0 Å². The molecule has 18 heavy (non-hydrogen) atoms. The molecule has 10 heteroatoms. The van der Waals surface area contributed by atoms with Crippen LogP contribution in [0.25, 0.3) is 0 Å². The molecule has 1 aromatic heterocycles. The highest BCUT2D eigenvalue weighted by Crippen LogP contribution is 2.23. The molecule has 1 aliphatic heterocycles. The number of H-pyrrole nitrogens is 1. The molecule has 1 aromatic rings. The summed E-state index contributed by atoms with van der Waals surface area (Å²) in [5.41, 5.74) is -0.711. The van der Waals surface area contributed by atoms with E-state index in [2.05, 4.69) is 9.97 Å². The van der Waals surface area contributed by atoms with Crippen LogP contribution in [-0.4, -0.2) is 41.2 Å². The van der Waals surface area contributed by atoms with Crippen molar-refractivity contribution in [1.29, 1.82) is 0 Å². The minimum atomic E-state index is -4.84. The van der Waals surface area contributed by atoms with Gasteiger partial charge in [0.1, 0.15) is 5.25 Å². The molecular weight excluding hydrogens is 269 g/mol. The summed E-state index contributed by atoms with van der Waals surface area (Å²) in [7, 11) is -4.84. The molecule has 2 rings (SSSR count). The number of aromatic hydroxyl groups is 1. The van der Waals surface area contributed by atoms with Crippen LogP contribution in [0.5, 0.6) is 5.88 Å². The molecular formula is C8H8FN3O5S. The lowest BCUT2D eigenvalue weighted by Crippen LogP contribution is -2.30. The van der Waals surface area contributed by atoms with Gasteiger partial charge in [-0.3, -0.25) is 19.5 Å². The van der Waals surface area contributed by atoms with Crippen LogP contribution >= 0.6 is 0 Å². The van der Waals surface area contributed by atoms with Crippen molar-refractivity contribution in [3.63, 3.8) is 0 Å². The van der Waals surface area contributed by atoms with Crippen molar-refractivity contribution in [3.05, 3.63) is 16.4 Å². The second kappa shape index (κ2) is 4.05. The molecule has 0 radical (unpaired) electrons. The first kappa shape index (κ1) is 12.5. The van der Waals surface area contributed by atoms with Crippen molar-refractivity contribution in [2.75, 3.05) is 11.4 Å². The van der Waals surface area contributed by atoms with Crippen molar-refractivity contribution in [3.8, 4) is 5.88 Å². The Morgan fingerprint density at radius 3 is 2.67 bits per heavy atom. The molecule has 1 saturated heterocycles. The fourth-order valence-electron chi connectivity index (χ4n) is 1.63. The number of nitrogens with one attached hydrogen (secondary N) is 1. The van der Waals surface area contributed by atoms with Gasteiger partial charge in [0.15, 0.2) is 0 Å². The SMILES string of the molecule is O=C1CC(S(=O)(=O)F)CN1c1nc(O)cc(=O)[nH]1. The number of nitrogens with zero attached hydrogens (tertiary/aromatic N) is 2. The Kier molecular flexibility index (Phi) is 2.81. The predicted octanol–water partition coefficient (Wildman–Crippen LogP) is -1.12. The van der Waals surface area contributed by atoms with Crippen LogP contribution in [0.15, 0.2) is 10.9 Å². The average molecular weight is 277 g/mol. The Balaban J connectivity index is 2.35. The first-order valence-corrected chi connectivity index (χ1v) is 6.26. The lowest BCUT2D eigenvalue weighted by molar-refractivity contribution is -0.117. The van der Waals surface area contributed by atoms with Gasteiger partial charge in [0.05, 0.1) is 6.07 Å². The topological polar surface area (TPSA) is 120 Å². The third kappa shape index (κ3) is 2.32. The molecule has 1 fully saturated rings. The number of anilines is 1. The van der Waals surface area contributed by atoms with Gasteiger partial charge in [-0.25, -0.2) is 0 Å². The maximum Gasteiger partial charge on any atom is 0.307 e. The first-order valence-electron chi connectivity index (χ1n) is 4.81. The smallest absolute Gasteiger partial charge is 0.307 e. The number of carbonyl (C=O) groups excluding carboxylic acids is 1. The summed E-state index contributed by atoms with van der Waals surface area (Å²) in [6.07, 6.45) is -0.530. The van der Waals surface area contributed by atoms with Gasteiger partial charge in [-0.1, -0.05) is 0 Å². The summed E-state index contributed by atoms with van der Waals surface area (Å²) < 4.78 is 34.2. The van der Waals surface area contributed by atoms with Crippen molar-refractivity contribution >= 4 is 22.1 Å². The van der Waals surface area contributed by atoms with E-state index < -0.39 is 45.8 Å². The normalized spacial score (nSPS) is 20.4. The number of aromatic nitrogens is 2. The molecule has 0 spiro atoms. The van der Waals surface area contributed by atoms with E-state index in [0.29, 0.717) is 0 Å². The fourth-order valence-corrected chi connectivity index (χ4v) is 2.30. The highest BCUT2D eigenvalue weighted by molar-refractivity contribution is 7.87. The molecule has 0 aliphatic carbocycles. The van der Waals surface area contributed by atoms with Crippen LogP contribution < -0.4 is 10.5 Å². The Labute approximate surface area is 100 Å². The number of hydrogen-bond donors (Lipinski definition) is 2.